The maximum Gasteiger partial charge on any atom is 0.238 e. The molecular formula is C15H24N2O3S. The van der Waals surface area contributed by atoms with Crippen LogP contribution in [0.4, 0.5) is 5.69 Å². The van der Waals surface area contributed by atoms with Crippen LogP contribution < -0.4 is 10.0 Å². The Bertz CT molecular complexity index is 585. The molecule has 0 bridgehead atoms. The van der Waals surface area contributed by atoms with Crippen LogP contribution in [0.15, 0.2) is 23.1 Å². The smallest absolute Gasteiger partial charge is 0.238 e. The lowest BCUT2D eigenvalue weighted by molar-refractivity contribution is 0.115. The van der Waals surface area contributed by atoms with Crippen molar-refractivity contribution < 1.29 is 13.2 Å². The van der Waals surface area contributed by atoms with E-state index >= 15 is 0 Å². The number of nitrogens with zero attached hydrogens (tertiary/aromatic N) is 1. The Balaban J connectivity index is 2.10. The molecule has 0 saturated carbocycles. The van der Waals surface area contributed by atoms with Gasteiger partial charge in [-0.25, -0.2) is 13.6 Å². The molecule has 6 heteroatoms. The second kappa shape index (κ2) is 6.77. The first-order valence-corrected chi connectivity index (χ1v) is 8.91. The number of fused-ring (bicyclic) bond motifs is 1. The highest BCUT2D eigenvalue weighted by Gasteiger charge is 2.19. The molecule has 5 nitrogen and oxygen atoms in total. The fourth-order valence-corrected chi connectivity index (χ4v) is 3.07. The molecule has 0 saturated heterocycles. The fraction of sp³-hybridized carbons (Fsp3) is 0.600. The van der Waals surface area contributed by atoms with Crippen LogP contribution in [0.3, 0.4) is 0 Å². The molecule has 0 radical (unpaired) electrons. The molecule has 1 aromatic rings. The molecule has 0 aliphatic carbocycles. The minimum atomic E-state index is -3.65. The Morgan fingerprint density at radius 2 is 2.14 bits per heavy atom. The minimum Gasteiger partial charge on any atom is -0.379 e. The summed E-state index contributed by atoms with van der Waals surface area (Å²) < 4.78 is 28.6. The van der Waals surface area contributed by atoms with Gasteiger partial charge in [0, 0.05) is 25.4 Å². The van der Waals surface area contributed by atoms with E-state index in [1.54, 1.807) is 12.1 Å². The molecule has 1 aliphatic rings. The highest BCUT2D eigenvalue weighted by atomic mass is 32.2. The van der Waals surface area contributed by atoms with Crippen LogP contribution >= 0.6 is 0 Å². The molecule has 2 N–H and O–H groups in total. The summed E-state index contributed by atoms with van der Waals surface area (Å²) >= 11 is 0. The molecule has 0 fully saturated rings. The summed E-state index contributed by atoms with van der Waals surface area (Å²) in [6.07, 6.45) is 2.05. The predicted molar refractivity (Wildman–Crippen MR) is 84.0 cm³/mol. The van der Waals surface area contributed by atoms with Crippen LogP contribution in [0, 0.1) is 5.92 Å². The Hall–Kier alpha value is -1.11. The van der Waals surface area contributed by atoms with Gasteiger partial charge < -0.3 is 9.64 Å². The molecule has 1 aliphatic heterocycles. The monoisotopic (exact) mass is 312 g/mol. The van der Waals surface area contributed by atoms with E-state index in [-0.39, 0.29) is 4.90 Å². The molecule has 0 unspecified atom stereocenters. The summed E-state index contributed by atoms with van der Waals surface area (Å²) in [5.41, 5.74) is 2.15. The van der Waals surface area contributed by atoms with E-state index in [0.29, 0.717) is 12.5 Å². The van der Waals surface area contributed by atoms with Crippen molar-refractivity contribution in [2.45, 2.75) is 31.6 Å². The normalized spacial score (nSPS) is 15.3. The summed E-state index contributed by atoms with van der Waals surface area (Å²) in [6, 6.07) is 5.15. The van der Waals surface area contributed by atoms with E-state index in [9.17, 15) is 8.42 Å². The first-order chi connectivity index (χ1) is 9.88. The summed E-state index contributed by atoms with van der Waals surface area (Å²) in [7, 11) is -3.65. The highest BCUT2D eigenvalue weighted by molar-refractivity contribution is 7.89. The average molecular weight is 312 g/mol. The number of anilines is 1. The molecule has 118 valence electrons. The van der Waals surface area contributed by atoms with Crippen LogP contribution in [-0.2, 0) is 21.2 Å². The van der Waals surface area contributed by atoms with E-state index < -0.39 is 10.0 Å². The molecule has 0 atom stereocenters. The lowest BCUT2D eigenvalue weighted by Crippen LogP contribution is -2.33. The number of nitrogens with two attached hydrogens (primary N) is 1. The van der Waals surface area contributed by atoms with Crippen LogP contribution in [0.1, 0.15) is 25.8 Å². The van der Waals surface area contributed by atoms with E-state index in [1.165, 1.54) is 5.56 Å². The second-order valence-corrected chi connectivity index (χ2v) is 7.46. The number of rotatable bonds is 6. The quantitative estimate of drug-likeness (QED) is 0.812. The number of hydrogen-bond donors (Lipinski definition) is 1. The van der Waals surface area contributed by atoms with Gasteiger partial charge in [0.05, 0.1) is 11.5 Å². The third-order valence-corrected chi connectivity index (χ3v) is 4.47. The average Bonchev–Trinajstić information content (AvgIpc) is 2.42. The molecule has 0 spiro atoms. The third kappa shape index (κ3) is 4.43. The molecule has 2 rings (SSSR count). The van der Waals surface area contributed by atoms with Crippen LogP contribution in [0.2, 0.25) is 0 Å². The van der Waals surface area contributed by atoms with Crippen molar-refractivity contribution in [3.63, 3.8) is 0 Å². The summed E-state index contributed by atoms with van der Waals surface area (Å²) in [5.74, 6) is 0.521. The maximum atomic E-state index is 11.5. The molecule has 0 amide bonds. The van der Waals surface area contributed by atoms with Gasteiger partial charge in [-0.3, -0.25) is 0 Å². The predicted octanol–water partition coefficient (Wildman–Crippen LogP) is 1.76. The van der Waals surface area contributed by atoms with E-state index in [4.69, 9.17) is 9.88 Å². The van der Waals surface area contributed by atoms with Gasteiger partial charge in [0.2, 0.25) is 10.0 Å². The number of benzene rings is 1. The topological polar surface area (TPSA) is 72.6 Å². The zero-order valence-electron chi connectivity index (χ0n) is 12.7. The Morgan fingerprint density at radius 1 is 1.38 bits per heavy atom. The number of sulfonamides is 1. The lowest BCUT2D eigenvalue weighted by Gasteiger charge is -2.31. The van der Waals surface area contributed by atoms with Crippen molar-refractivity contribution in [1.29, 1.82) is 0 Å². The highest BCUT2D eigenvalue weighted by Crippen LogP contribution is 2.29. The van der Waals surface area contributed by atoms with Gasteiger partial charge in [0.15, 0.2) is 0 Å². The van der Waals surface area contributed by atoms with Gasteiger partial charge >= 0.3 is 0 Å². The zero-order valence-corrected chi connectivity index (χ0v) is 13.5. The molecule has 21 heavy (non-hydrogen) atoms. The summed E-state index contributed by atoms with van der Waals surface area (Å²) in [5, 5.41) is 5.22. The third-order valence-electron chi connectivity index (χ3n) is 3.56. The van der Waals surface area contributed by atoms with E-state index in [2.05, 4.69) is 18.7 Å². The van der Waals surface area contributed by atoms with Crippen molar-refractivity contribution in [2.75, 3.05) is 31.2 Å². The Morgan fingerprint density at radius 3 is 2.81 bits per heavy atom. The van der Waals surface area contributed by atoms with Crippen LogP contribution in [0.25, 0.3) is 0 Å². The lowest BCUT2D eigenvalue weighted by atomic mass is 10.0. The molecule has 1 heterocycles. The van der Waals surface area contributed by atoms with Crippen molar-refractivity contribution in [3.8, 4) is 0 Å². The number of aryl methyl sites for hydroxylation is 1. The fourth-order valence-electron chi connectivity index (χ4n) is 2.53. The first-order valence-electron chi connectivity index (χ1n) is 7.36. The van der Waals surface area contributed by atoms with Crippen LogP contribution in [-0.4, -0.2) is 34.7 Å². The van der Waals surface area contributed by atoms with Gasteiger partial charge in [-0.15, -0.1) is 0 Å². The number of primary sulfonamides is 1. The van der Waals surface area contributed by atoms with Gasteiger partial charge in [0.1, 0.15) is 0 Å². The van der Waals surface area contributed by atoms with Crippen molar-refractivity contribution in [1.82, 2.24) is 0 Å². The van der Waals surface area contributed by atoms with E-state index in [0.717, 1.165) is 38.2 Å². The minimum absolute atomic E-state index is 0.177. The van der Waals surface area contributed by atoms with Gasteiger partial charge in [-0.1, -0.05) is 19.9 Å². The summed E-state index contributed by atoms with van der Waals surface area (Å²) in [4.78, 5) is 2.37. The van der Waals surface area contributed by atoms with E-state index in [1.807, 2.05) is 6.07 Å². The number of hydrogen-bond acceptors (Lipinski definition) is 4. The van der Waals surface area contributed by atoms with Gasteiger partial charge in [-0.2, -0.15) is 0 Å². The number of ether oxygens (including phenoxy) is 1. The van der Waals surface area contributed by atoms with Gasteiger partial charge in [-0.05, 0) is 36.5 Å². The molecule has 1 aromatic carbocycles. The first kappa shape index (κ1) is 16.3. The maximum absolute atomic E-state index is 11.5. The summed E-state index contributed by atoms with van der Waals surface area (Å²) in [6.45, 7) is 7.33. The molecule has 0 aromatic heterocycles. The largest absolute Gasteiger partial charge is 0.379 e. The Kier molecular flexibility index (Phi) is 5.24. The standard InChI is InChI=1S/C15H24N2O3S/c1-12(2)11-20-9-8-17-7-3-4-13-5-6-14(10-15(13)17)21(16,18)19/h5-6,10,12H,3-4,7-9,11H2,1-2H3,(H2,16,18,19). The van der Waals surface area contributed by atoms with Crippen LogP contribution in [0.5, 0.6) is 0 Å². The van der Waals surface area contributed by atoms with Crippen molar-refractivity contribution in [2.24, 2.45) is 11.1 Å². The van der Waals surface area contributed by atoms with Crippen molar-refractivity contribution >= 4 is 15.7 Å². The second-order valence-electron chi connectivity index (χ2n) is 5.89. The Labute approximate surface area is 127 Å². The zero-order chi connectivity index (χ0) is 15.5. The SMILES string of the molecule is CC(C)COCCN1CCCc2ccc(S(N)(=O)=O)cc21. The van der Waals surface area contributed by atoms with Crippen molar-refractivity contribution in [3.05, 3.63) is 23.8 Å². The van der Waals surface area contributed by atoms with Gasteiger partial charge in [0.25, 0.3) is 0 Å². The molecular weight excluding hydrogens is 288 g/mol.